The smallest absolute Gasteiger partial charge is 0.407 e. The molecule has 4 atom stereocenters. The number of amides is 4. The van der Waals surface area contributed by atoms with E-state index < -0.39 is 59.6 Å². The lowest BCUT2D eigenvalue weighted by Crippen LogP contribution is -2.54. The van der Waals surface area contributed by atoms with Gasteiger partial charge < -0.3 is 36.1 Å². The number of nitrogens with zero attached hydrogens (tertiary/aromatic N) is 1. The Morgan fingerprint density at radius 3 is 2.41 bits per heavy atom. The van der Waals surface area contributed by atoms with Gasteiger partial charge in [0.25, 0.3) is 0 Å². The summed E-state index contributed by atoms with van der Waals surface area (Å²) in [6.45, 7) is 11.3. The maximum absolute atomic E-state index is 14.0. The number of nitrogens with one attached hydrogen (secondary N) is 3. The van der Waals surface area contributed by atoms with Crippen molar-refractivity contribution in [3.8, 4) is 11.1 Å². The van der Waals surface area contributed by atoms with Gasteiger partial charge in [0.05, 0.1) is 13.2 Å². The molecule has 4 amide bonds. The fraction of sp³-hybridized carbons (Fsp3) is 0.541. The van der Waals surface area contributed by atoms with E-state index in [1.54, 1.807) is 20.8 Å². The second kappa shape index (κ2) is 17.3. The van der Waals surface area contributed by atoms with Crippen LogP contribution >= 0.6 is 0 Å². The number of likely N-dealkylation sites (N-methyl/N-ethyl adjacent to an activating group) is 1. The quantitative estimate of drug-likeness (QED) is 0.217. The lowest BCUT2D eigenvalue weighted by molar-refractivity contribution is -0.145. The molecule has 4 unspecified atom stereocenters. The number of ether oxygens (including phenoxy) is 2. The van der Waals surface area contributed by atoms with Crippen LogP contribution in [0.15, 0.2) is 36.4 Å². The van der Waals surface area contributed by atoms with Gasteiger partial charge in [0.2, 0.25) is 17.7 Å². The van der Waals surface area contributed by atoms with Crippen molar-refractivity contribution in [3.05, 3.63) is 58.7 Å². The van der Waals surface area contributed by atoms with Gasteiger partial charge in [-0.05, 0) is 99.7 Å². The third-order valence-corrected chi connectivity index (χ3v) is 8.47. The average molecular weight is 680 g/mol. The lowest BCUT2D eigenvalue weighted by Gasteiger charge is -2.31. The predicted octanol–water partition coefficient (Wildman–Crippen LogP) is 3.85. The van der Waals surface area contributed by atoms with E-state index in [9.17, 15) is 24.0 Å². The molecule has 12 nitrogen and oxygen atoms in total. The molecule has 0 radical (unpaired) electrons. The zero-order valence-electron chi connectivity index (χ0n) is 30.1. The highest BCUT2D eigenvalue weighted by atomic mass is 16.6. The molecule has 0 fully saturated rings. The van der Waals surface area contributed by atoms with Crippen molar-refractivity contribution in [2.75, 3.05) is 20.7 Å². The second-order valence-electron chi connectivity index (χ2n) is 13.7. The maximum Gasteiger partial charge on any atom is 0.407 e. The molecule has 5 N–H and O–H groups in total. The Morgan fingerprint density at radius 2 is 1.76 bits per heavy atom. The molecule has 4 bridgehead atoms. The summed E-state index contributed by atoms with van der Waals surface area (Å²) in [7, 11) is 2.79. The van der Waals surface area contributed by atoms with E-state index in [-0.39, 0.29) is 6.42 Å². The van der Waals surface area contributed by atoms with Crippen LogP contribution in [-0.2, 0) is 41.5 Å². The van der Waals surface area contributed by atoms with Crippen molar-refractivity contribution in [1.29, 1.82) is 0 Å². The number of fused-ring (bicyclic) bond motifs is 5. The fourth-order valence-electron chi connectivity index (χ4n) is 5.87. The van der Waals surface area contributed by atoms with Crippen LogP contribution in [0, 0.1) is 6.92 Å². The summed E-state index contributed by atoms with van der Waals surface area (Å²) in [5.41, 5.74) is 11.1. The van der Waals surface area contributed by atoms with Gasteiger partial charge in [-0.3, -0.25) is 14.4 Å². The number of alkyl carbamates (subject to hydrolysis) is 1. The molecule has 49 heavy (non-hydrogen) atoms. The Hall–Kier alpha value is -4.45. The van der Waals surface area contributed by atoms with E-state index in [0.29, 0.717) is 31.4 Å². The number of carbonyl (C=O) groups is 5. The number of unbranched alkanes of at least 4 members (excludes halogenated alkanes) is 1. The minimum absolute atomic E-state index is 0.200. The first-order valence-corrected chi connectivity index (χ1v) is 17.0. The van der Waals surface area contributed by atoms with Crippen molar-refractivity contribution in [2.24, 2.45) is 5.73 Å². The molecule has 268 valence electrons. The fourth-order valence-corrected chi connectivity index (χ4v) is 5.87. The SMILES string of the molecule is CCCc1ccc2cc1-c1cc(ccc1C)C(N(C)C(=O)C(N)CCCCNC(=O)OC(C)(C)C)C(=O)NC(C)C(=O)NC(C(=O)OC)C2. The van der Waals surface area contributed by atoms with Crippen molar-refractivity contribution in [2.45, 2.75) is 110 Å². The summed E-state index contributed by atoms with van der Waals surface area (Å²) in [5.74, 6) is -2.19. The normalized spacial score (nSPS) is 18.7. The van der Waals surface area contributed by atoms with E-state index in [1.165, 1.54) is 26.0 Å². The Bertz CT molecular complexity index is 1520. The third-order valence-electron chi connectivity index (χ3n) is 8.47. The number of aryl methyl sites for hydroxylation is 2. The summed E-state index contributed by atoms with van der Waals surface area (Å²) in [6, 6.07) is 7.63. The third kappa shape index (κ3) is 10.8. The maximum atomic E-state index is 14.0. The molecule has 1 aliphatic rings. The number of benzene rings is 2. The molecule has 2 aromatic carbocycles. The number of carbonyl (C=O) groups excluding carboxylic acids is 5. The number of hydrogen-bond acceptors (Lipinski definition) is 8. The van der Waals surface area contributed by atoms with Gasteiger partial charge in [0.15, 0.2) is 0 Å². The van der Waals surface area contributed by atoms with Gasteiger partial charge in [0.1, 0.15) is 23.7 Å². The van der Waals surface area contributed by atoms with Crippen molar-refractivity contribution < 1.29 is 33.4 Å². The van der Waals surface area contributed by atoms with E-state index >= 15 is 0 Å². The van der Waals surface area contributed by atoms with Gasteiger partial charge in [-0.25, -0.2) is 9.59 Å². The number of hydrogen-bond donors (Lipinski definition) is 4. The molecule has 0 aromatic heterocycles. The lowest BCUT2D eigenvalue weighted by atomic mass is 9.88. The van der Waals surface area contributed by atoms with Gasteiger partial charge >= 0.3 is 12.1 Å². The summed E-state index contributed by atoms with van der Waals surface area (Å²) in [5, 5.41) is 8.18. The Kier molecular flexibility index (Phi) is 13.8. The first-order valence-electron chi connectivity index (χ1n) is 17.0. The minimum Gasteiger partial charge on any atom is -0.467 e. The highest BCUT2D eigenvalue weighted by Gasteiger charge is 2.34. The van der Waals surface area contributed by atoms with Crippen LogP contribution in [0.1, 0.15) is 88.6 Å². The standard InChI is InChI=1S/C37H53N5O7/c1-9-12-25-17-15-24-19-28(25)27-21-26(16-14-22(27)2)31(33(44)40-23(3)32(43)41-30(20-24)35(46)48-8)42(7)34(45)29(38)13-10-11-18-39-36(47)49-37(4,5)6/h14-17,19,21,23,29-31H,9-13,18,20,38H2,1-8H3,(H,39,47)(H,40,44)(H,41,43). The highest BCUT2D eigenvalue weighted by Crippen LogP contribution is 2.33. The van der Waals surface area contributed by atoms with E-state index in [2.05, 4.69) is 22.9 Å². The summed E-state index contributed by atoms with van der Waals surface area (Å²) in [6.07, 6.45) is 2.85. The first kappa shape index (κ1) is 39.0. The van der Waals surface area contributed by atoms with E-state index in [4.69, 9.17) is 15.2 Å². The van der Waals surface area contributed by atoms with Gasteiger partial charge in [-0.15, -0.1) is 0 Å². The van der Waals surface area contributed by atoms with Crippen LogP contribution in [0.5, 0.6) is 0 Å². The Balaban J connectivity index is 1.96. The number of methoxy groups -OCH3 is 1. The number of esters is 1. The zero-order chi connectivity index (χ0) is 36.5. The molecule has 1 heterocycles. The van der Waals surface area contributed by atoms with E-state index in [1.807, 2.05) is 43.3 Å². The zero-order valence-corrected chi connectivity index (χ0v) is 30.1. The van der Waals surface area contributed by atoms with Crippen LogP contribution < -0.4 is 21.7 Å². The molecule has 0 saturated heterocycles. The van der Waals surface area contributed by atoms with Crippen molar-refractivity contribution in [3.63, 3.8) is 0 Å². The van der Waals surface area contributed by atoms with Crippen LogP contribution in [0.2, 0.25) is 0 Å². The van der Waals surface area contributed by atoms with Crippen LogP contribution in [0.3, 0.4) is 0 Å². The molecule has 1 aliphatic heterocycles. The summed E-state index contributed by atoms with van der Waals surface area (Å²) in [4.78, 5) is 67.0. The van der Waals surface area contributed by atoms with E-state index in [0.717, 1.165) is 40.7 Å². The summed E-state index contributed by atoms with van der Waals surface area (Å²) < 4.78 is 10.2. The predicted molar refractivity (Wildman–Crippen MR) is 187 cm³/mol. The molecular formula is C37H53N5O7. The molecule has 3 rings (SSSR count). The van der Waals surface area contributed by atoms with Crippen LogP contribution in [0.4, 0.5) is 4.79 Å². The van der Waals surface area contributed by atoms with Crippen molar-refractivity contribution in [1.82, 2.24) is 20.9 Å². The molecular weight excluding hydrogens is 626 g/mol. The minimum atomic E-state index is -1.11. The number of rotatable bonds is 10. The van der Waals surface area contributed by atoms with Gasteiger partial charge in [-0.2, -0.15) is 0 Å². The topological polar surface area (TPSA) is 169 Å². The number of nitrogens with two attached hydrogens (primary N) is 1. The largest absolute Gasteiger partial charge is 0.467 e. The molecule has 2 aromatic rings. The van der Waals surface area contributed by atoms with Crippen LogP contribution in [0.25, 0.3) is 11.1 Å². The molecule has 0 aliphatic carbocycles. The molecule has 0 spiro atoms. The average Bonchev–Trinajstić information content (AvgIpc) is 3.03. The van der Waals surface area contributed by atoms with Crippen LogP contribution in [-0.4, -0.2) is 79.1 Å². The highest BCUT2D eigenvalue weighted by molar-refractivity contribution is 5.95. The van der Waals surface area contributed by atoms with Crippen molar-refractivity contribution >= 4 is 29.8 Å². The van der Waals surface area contributed by atoms with Gasteiger partial charge in [0, 0.05) is 20.0 Å². The molecule has 12 heteroatoms. The monoisotopic (exact) mass is 679 g/mol. The first-order chi connectivity index (χ1) is 23.1. The Labute approximate surface area is 289 Å². The summed E-state index contributed by atoms with van der Waals surface area (Å²) >= 11 is 0. The second-order valence-corrected chi connectivity index (χ2v) is 13.7. The molecule has 0 saturated carbocycles. The van der Waals surface area contributed by atoms with Gasteiger partial charge in [-0.1, -0.05) is 43.7 Å². The Morgan fingerprint density at radius 1 is 1.04 bits per heavy atom.